The predicted molar refractivity (Wildman–Crippen MR) is 136 cm³/mol. The molecule has 0 unspecified atom stereocenters. The molecule has 2 atom stereocenters. The van der Waals surface area contributed by atoms with E-state index in [1.165, 1.54) is 5.56 Å². The molecule has 0 aliphatic carbocycles. The lowest BCUT2D eigenvalue weighted by Gasteiger charge is -2.55. The molecule has 184 valence electrons. The molecule has 3 N–H and O–H groups in total. The summed E-state index contributed by atoms with van der Waals surface area (Å²) >= 11 is 0. The van der Waals surface area contributed by atoms with E-state index < -0.39 is 5.60 Å². The van der Waals surface area contributed by atoms with Crippen LogP contribution in [-0.4, -0.2) is 51.2 Å². The number of benzene rings is 1. The molecule has 3 aromatic rings. The summed E-state index contributed by atoms with van der Waals surface area (Å²) in [6, 6.07) is 12.3. The van der Waals surface area contributed by atoms with Crippen LogP contribution in [0.5, 0.6) is 0 Å². The van der Waals surface area contributed by atoms with Crippen LogP contribution in [0.25, 0.3) is 11.3 Å². The highest BCUT2D eigenvalue weighted by Gasteiger charge is 2.55. The summed E-state index contributed by atoms with van der Waals surface area (Å²) in [5.74, 6) is 0.503. The van der Waals surface area contributed by atoms with Crippen LogP contribution in [0.4, 0.5) is 0 Å². The van der Waals surface area contributed by atoms with Gasteiger partial charge in [-0.3, -0.25) is 14.9 Å². The smallest absolute Gasteiger partial charge is 0.220 e. The molecule has 2 aliphatic rings. The van der Waals surface area contributed by atoms with Crippen molar-refractivity contribution in [2.75, 3.05) is 20.1 Å². The number of hydrogen-bond donors (Lipinski definition) is 3. The summed E-state index contributed by atoms with van der Waals surface area (Å²) in [6.07, 6.45) is 5.90. The van der Waals surface area contributed by atoms with Crippen molar-refractivity contribution in [1.82, 2.24) is 25.4 Å². The van der Waals surface area contributed by atoms with E-state index in [0.717, 1.165) is 54.0 Å². The molecule has 0 saturated carbocycles. The van der Waals surface area contributed by atoms with Gasteiger partial charge in [-0.05, 0) is 49.1 Å². The first kappa shape index (κ1) is 23.7. The van der Waals surface area contributed by atoms with E-state index in [1.54, 1.807) is 12.4 Å². The highest BCUT2D eigenvalue weighted by Crippen LogP contribution is 2.50. The van der Waals surface area contributed by atoms with Crippen LogP contribution in [0.15, 0.2) is 48.8 Å². The lowest BCUT2D eigenvalue weighted by Crippen LogP contribution is -2.63. The second kappa shape index (κ2) is 8.88. The zero-order chi connectivity index (χ0) is 24.8. The van der Waals surface area contributed by atoms with Crippen LogP contribution in [-0.2, 0) is 10.4 Å². The minimum Gasteiger partial charge on any atom is -0.380 e. The fourth-order valence-electron chi connectivity index (χ4n) is 5.83. The maximum atomic E-state index is 12.4. The van der Waals surface area contributed by atoms with Crippen molar-refractivity contribution in [3.05, 3.63) is 71.2 Å². The number of hydrogen-bond acceptors (Lipinski definition) is 5. The van der Waals surface area contributed by atoms with E-state index in [4.69, 9.17) is 0 Å². The van der Waals surface area contributed by atoms with Crippen LogP contribution < -0.4 is 5.32 Å². The minimum absolute atomic E-state index is 0.0468. The first-order valence-electron chi connectivity index (χ1n) is 12.5. The normalized spacial score (nSPS) is 21.9. The van der Waals surface area contributed by atoms with Crippen LogP contribution in [0.3, 0.4) is 0 Å². The highest BCUT2D eigenvalue weighted by molar-refractivity contribution is 5.77. The monoisotopic (exact) mass is 473 g/mol. The molecular formula is C28H35N5O2. The Balaban J connectivity index is 1.52. The minimum atomic E-state index is -1.20. The molecular weight excluding hydrogens is 438 g/mol. The van der Waals surface area contributed by atoms with Crippen molar-refractivity contribution in [3.63, 3.8) is 0 Å². The number of carbonyl (C=O) groups excluding carboxylic acids is 1. The zero-order valence-electron chi connectivity index (χ0n) is 21.0. The third-order valence-corrected chi connectivity index (χ3v) is 7.76. The number of H-pyrrole nitrogens is 1. The van der Waals surface area contributed by atoms with Crippen LogP contribution in [0.1, 0.15) is 74.4 Å². The van der Waals surface area contributed by atoms with Gasteiger partial charge >= 0.3 is 0 Å². The van der Waals surface area contributed by atoms with Crippen molar-refractivity contribution in [2.24, 2.45) is 5.41 Å². The molecule has 5 rings (SSSR count). The number of nitrogens with zero attached hydrogens (tertiary/aromatic N) is 3. The molecule has 0 bridgehead atoms. The molecule has 2 aromatic heterocycles. The molecule has 7 heteroatoms. The Morgan fingerprint density at radius 1 is 1.14 bits per heavy atom. The van der Waals surface area contributed by atoms with E-state index in [1.807, 2.05) is 12.1 Å². The van der Waals surface area contributed by atoms with Gasteiger partial charge in [-0.1, -0.05) is 45.0 Å². The molecule has 0 spiro atoms. The Kier molecular flexibility index (Phi) is 6.01. The van der Waals surface area contributed by atoms with Gasteiger partial charge in [-0.2, -0.15) is 5.10 Å². The van der Waals surface area contributed by atoms with Crippen molar-refractivity contribution < 1.29 is 9.90 Å². The first-order valence-corrected chi connectivity index (χ1v) is 12.5. The Labute approximate surface area is 207 Å². The summed E-state index contributed by atoms with van der Waals surface area (Å²) in [5.41, 5.74) is 3.81. The number of piperidine rings is 1. The topological polar surface area (TPSA) is 94.1 Å². The van der Waals surface area contributed by atoms with Crippen molar-refractivity contribution in [3.8, 4) is 11.3 Å². The third-order valence-electron chi connectivity index (χ3n) is 7.76. The number of aromatic nitrogens is 3. The number of amides is 1. The Morgan fingerprint density at radius 3 is 2.54 bits per heavy atom. The second-order valence-electron chi connectivity index (χ2n) is 10.9. The number of aliphatic hydroxyl groups is 1. The van der Waals surface area contributed by atoms with E-state index in [0.29, 0.717) is 12.3 Å². The van der Waals surface area contributed by atoms with Gasteiger partial charge in [0.25, 0.3) is 0 Å². The third kappa shape index (κ3) is 4.17. The standard InChI is InChI=1S/C28H35N5O2/c1-18(2)19-8-10-21(11-9-19)28(35,27(3)16-33(4)17-27)22-12-20(14-29-15-22)24-13-25(32-31-24)23-6-5-7-26(34)30-23/h8-15,18,23,35H,5-7,16-17H2,1-4H3,(H,30,34)(H,31,32)/t23-,28-/m0/s1. The van der Waals surface area contributed by atoms with Crippen LogP contribution >= 0.6 is 0 Å². The number of carbonyl (C=O) groups is 1. The Bertz CT molecular complexity index is 1210. The molecule has 4 heterocycles. The Morgan fingerprint density at radius 2 is 1.89 bits per heavy atom. The van der Waals surface area contributed by atoms with Gasteiger partial charge in [0.1, 0.15) is 5.60 Å². The maximum Gasteiger partial charge on any atom is 0.220 e. The predicted octanol–water partition coefficient (Wildman–Crippen LogP) is 4.12. The van der Waals surface area contributed by atoms with Crippen LogP contribution in [0.2, 0.25) is 0 Å². The second-order valence-corrected chi connectivity index (χ2v) is 10.9. The van der Waals surface area contributed by atoms with Gasteiger partial charge in [0, 0.05) is 48.4 Å². The summed E-state index contributed by atoms with van der Waals surface area (Å²) in [4.78, 5) is 18.6. The van der Waals surface area contributed by atoms with Crippen molar-refractivity contribution in [2.45, 2.75) is 57.6 Å². The molecule has 1 amide bonds. The van der Waals surface area contributed by atoms with Gasteiger partial charge in [0.2, 0.25) is 5.91 Å². The average molecular weight is 474 g/mol. The molecule has 1 aromatic carbocycles. The molecule has 2 fully saturated rings. The molecule has 7 nitrogen and oxygen atoms in total. The quantitative estimate of drug-likeness (QED) is 0.501. The number of aromatic amines is 1. The number of likely N-dealkylation sites (tertiary alicyclic amines) is 1. The maximum absolute atomic E-state index is 12.4. The van der Waals surface area contributed by atoms with Gasteiger partial charge in [0.15, 0.2) is 0 Å². The van der Waals surface area contributed by atoms with Crippen molar-refractivity contribution >= 4 is 5.91 Å². The fraction of sp³-hybridized carbons (Fsp3) is 0.464. The lowest BCUT2D eigenvalue weighted by atomic mass is 9.62. The van der Waals surface area contributed by atoms with E-state index in [2.05, 4.69) is 77.5 Å². The number of nitrogens with one attached hydrogen (secondary N) is 2. The zero-order valence-corrected chi connectivity index (χ0v) is 21.0. The SMILES string of the molecule is CC(C)c1ccc([C@](O)(c2cncc(-c3cc([C@@H]4CCCC(=O)N4)[nH]n3)c2)C2(C)CN(C)C2)cc1. The first-order chi connectivity index (χ1) is 16.7. The molecule has 35 heavy (non-hydrogen) atoms. The van der Waals surface area contributed by atoms with E-state index in [-0.39, 0.29) is 17.4 Å². The van der Waals surface area contributed by atoms with Gasteiger partial charge in [-0.15, -0.1) is 0 Å². The average Bonchev–Trinajstić information content (AvgIpc) is 3.33. The summed E-state index contributed by atoms with van der Waals surface area (Å²) < 4.78 is 0. The summed E-state index contributed by atoms with van der Waals surface area (Å²) in [7, 11) is 2.08. The van der Waals surface area contributed by atoms with Gasteiger partial charge in [-0.25, -0.2) is 0 Å². The largest absolute Gasteiger partial charge is 0.380 e. The van der Waals surface area contributed by atoms with Gasteiger partial charge < -0.3 is 15.3 Å². The van der Waals surface area contributed by atoms with E-state index >= 15 is 0 Å². The lowest BCUT2D eigenvalue weighted by molar-refractivity contribution is -0.127. The Hall–Kier alpha value is -3.03. The summed E-state index contributed by atoms with van der Waals surface area (Å²) in [5, 5.41) is 23.1. The van der Waals surface area contributed by atoms with Crippen molar-refractivity contribution in [1.29, 1.82) is 0 Å². The number of rotatable bonds is 6. The molecule has 2 aliphatic heterocycles. The van der Waals surface area contributed by atoms with Gasteiger partial charge in [0.05, 0.1) is 17.4 Å². The van der Waals surface area contributed by atoms with Crippen LogP contribution in [0, 0.1) is 5.41 Å². The number of pyridine rings is 1. The fourth-order valence-corrected chi connectivity index (χ4v) is 5.83. The molecule has 2 saturated heterocycles. The van der Waals surface area contributed by atoms with E-state index in [9.17, 15) is 9.90 Å². The summed E-state index contributed by atoms with van der Waals surface area (Å²) in [6.45, 7) is 8.07. The highest BCUT2D eigenvalue weighted by atomic mass is 16.3. The molecule has 0 radical (unpaired) electrons.